The number of para-hydroxylation sites is 2. The molecule has 0 aliphatic carbocycles. The number of nitrogens with one attached hydrogen (secondary N) is 1. The average molecular weight is 324 g/mol. The second kappa shape index (κ2) is 6.58. The van der Waals surface area contributed by atoms with Gasteiger partial charge in [0.1, 0.15) is 11.6 Å². The molecule has 0 fully saturated rings. The molecule has 0 bridgehead atoms. The van der Waals surface area contributed by atoms with Gasteiger partial charge in [0.05, 0.1) is 11.4 Å². The quantitative estimate of drug-likeness (QED) is 0.773. The SMILES string of the molecule is CN(C)c1ccccc1NC(=O)c1ccc(-c2ccc(F)cc2)o1. The molecule has 1 amide bonds. The smallest absolute Gasteiger partial charge is 0.291 e. The number of carbonyl (C=O) groups is 1. The van der Waals surface area contributed by atoms with E-state index in [-0.39, 0.29) is 17.5 Å². The highest BCUT2D eigenvalue weighted by atomic mass is 19.1. The third-order valence-corrected chi connectivity index (χ3v) is 3.59. The Hall–Kier alpha value is -3.08. The van der Waals surface area contributed by atoms with Gasteiger partial charge in [-0.2, -0.15) is 0 Å². The van der Waals surface area contributed by atoms with Crippen molar-refractivity contribution in [3.8, 4) is 11.3 Å². The van der Waals surface area contributed by atoms with Crippen molar-refractivity contribution < 1.29 is 13.6 Å². The van der Waals surface area contributed by atoms with Gasteiger partial charge in [0.15, 0.2) is 5.76 Å². The second-order valence-corrected chi connectivity index (χ2v) is 5.54. The zero-order valence-corrected chi connectivity index (χ0v) is 13.4. The largest absolute Gasteiger partial charge is 0.451 e. The van der Waals surface area contributed by atoms with Crippen molar-refractivity contribution in [3.05, 3.63) is 72.2 Å². The Kier molecular flexibility index (Phi) is 4.33. The van der Waals surface area contributed by atoms with Crippen molar-refractivity contribution in [1.29, 1.82) is 0 Å². The number of anilines is 2. The van der Waals surface area contributed by atoms with Gasteiger partial charge in [0, 0.05) is 19.7 Å². The first-order valence-electron chi connectivity index (χ1n) is 7.48. The van der Waals surface area contributed by atoms with E-state index >= 15 is 0 Å². The van der Waals surface area contributed by atoms with Crippen LogP contribution < -0.4 is 10.2 Å². The monoisotopic (exact) mass is 324 g/mol. The first kappa shape index (κ1) is 15.8. The number of amides is 1. The molecule has 0 saturated heterocycles. The van der Waals surface area contributed by atoms with Crippen LogP contribution in [0.25, 0.3) is 11.3 Å². The molecule has 5 heteroatoms. The van der Waals surface area contributed by atoms with E-state index in [9.17, 15) is 9.18 Å². The van der Waals surface area contributed by atoms with Gasteiger partial charge < -0.3 is 14.6 Å². The number of nitrogens with zero attached hydrogens (tertiary/aromatic N) is 1. The molecular weight excluding hydrogens is 307 g/mol. The van der Waals surface area contributed by atoms with Crippen LogP contribution in [0.4, 0.5) is 15.8 Å². The Bertz CT molecular complexity index is 854. The van der Waals surface area contributed by atoms with Crippen molar-refractivity contribution in [3.63, 3.8) is 0 Å². The molecule has 1 aromatic heterocycles. The number of hydrogen-bond acceptors (Lipinski definition) is 3. The topological polar surface area (TPSA) is 45.5 Å². The number of rotatable bonds is 4. The van der Waals surface area contributed by atoms with Crippen LogP contribution in [0.3, 0.4) is 0 Å². The van der Waals surface area contributed by atoms with Gasteiger partial charge in [-0.05, 0) is 48.5 Å². The molecule has 2 aromatic carbocycles. The maximum Gasteiger partial charge on any atom is 0.291 e. The Morgan fingerprint density at radius 1 is 1.00 bits per heavy atom. The Morgan fingerprint density at radius 2 is 1.71 bits per heavy atom. The lowest BCUT2D eigenvalue weighted by atomic mass is 10.2. The zero-order valence-electron chi connectivity index (χ0n) is 13.4. The fraction of sp³-hybridized carbons (Fsp3) is 0.105. The molecule has 0 radical (unpaired) electrons. The van der Waals surface area contributed by atoms with E-state index in [1.807, 2.05) is 43.3 Å². The molecule has 3 aromatic rings. The van der Waals surface area contributed by atoms with E-state index in [2.05, 4.69) is 5.32 Å². The molecule has 3 rings (SSSR count). The summed E-state index contributed by atoms with van der Waals surface area (Å²) in [5, 5.41) is 2.85. The van der Waals surface area contributed by atoms with Crippen LogP contribution >= 0.6 is 0 Å². The molecule has 24 heavy (non-hydrogen) atoms. The molecule has 1 heterocycles. The summed E-state index contributed by atoms with van der Waals surface area (Å²) in [5.74, 6) is 0.0603. The molecule has 0 aliphatic rings. The van der Waals surface area contributed by atoms with Gasteiger partial charge in [-0.25, -0.2) is 4.39 Å². The van der Waals surface area contributed by atoms with E-state index in [0.717, 1.165) is 5.69 Å². The Balaban J connectivity index is 1.81. The van der Waals surface area contributed by atoms with Gasteiger partial charge >= 0.3 is 0 Å². The maximum atomic E-state index is 13.0. The van der Waals surface area contributed by atoms with Crippen molar-refractivity contribution in [2.45, 2.75) is 0 Å². The predicted molar refractivity (Wildman–Crippen MR) is 92.8 cm³/mol. The minimum absolute atomic E-state index is 0.197. The van der Waals surface area contributed by atoms with Crippen LogP contribution in [-0.4, -0.2) is 20.0 Å². The summed E-state index contributed by atoms with van der Waals surface area (Å²) in [5.41, 5.74) is 2.31. The lowest BCUT2D eigenvalue weighted by molar-refractivity contribution is 0.0997. The van der Waals surface area contributed by atoms with Crippen molar-refractivity contribution in [1.82, 2.24) is 0 Å². The predicted octanol–water partition coefficient (Wildman–Crippen LogP) is 4.40. The van der Waals surface area contributed by atoms with Crippen molar-refractivity contribution >= 4 is 17.3 Å². The molecule has 0 aliphatic heterocycles. The third kappa shape index (κ3) is 3.30. The minimum atomic E-state index is -0.335. The summed E-state index contributed by atoms with van der Waals surface area (Å²) in [6, 6.07) is 16.7. The molecule has 0 atom stereocenters. The molecular formula is C19H17FN2O2. The summed E-state index contributed by atoms with van der Waals surface area (Å²) in [6.45, 7) is 0. The van der Waals surface area contributed by atoms with Gasteiger partial charge in [-0.3, -0.25) is 4.79 Å². The Morgan fingerprint density at radius 3 is 2.42 bits per heavy atom. The van der Waals surface area contributed by atoms with Crippen molar-refractivity contribution in [2.75, 3.05) is 24.3 Å². The van der Waals surface area contributed by atoms with Crippen LogP contribution in [0.15, 0.2) is 65.1 Å². The van der Waals surface area contributed by atoms with E-state index in [4.69, 9.17) is 4.42 Å². The number of benzene rings is 2. The normalized spacial score (nSPS) is 10.5. The summed E-state index contributed by atoms with van der Waals surface area (Å²) in [6.07, 6.45) is 0. The standard InChI is InChI=1S/C19H17FN2O2/c1-22(2)16-6-4-3-5-15(16)21-19(23)18-12-11-17(24-18)13-7-9-14(20)10-8-13/h3-12H,1-2H3,(H,21,23). The van der Waals surface area contributed by atoms with Crippen LogP contribution in [0.5, 0.6) is 0 Å². The molecule has 0 saturated carbocycles. The van der Waals surface area contributed by atoms with Crippen molar-refractivity contribution in [2.24, 2.45) is 0 Å². The van der Waals surface area contributed by atoms with E-state index in [1.165, 1.54) is 12.1 Å². The molecule has 0 unspecified atom stereocenters. The molecule has 4 nitrogen and oxygen atoms in total. The van der Waals surface area contributed by atoms with E-state index < -0.39 is 0 Å². The summed E-state index contributed by atoms with van der Waals surface area (Å²) in [7, 11) is 3.81. The highest BCUT2D eigenvalue weighted by Crippen LogP contribution is 2.26. The zero-order chi connectivity index (χ0) is 17.1. The maximum absolute atomic E-state index is 13.0. The van der Waals surface area contributed by atoms with Crippen LogP contribution in [0, 0.1) is 5.82 Å². The molecule has 0 spiro atoms. The highest BCUT2D eigenvalue weighted by Gasteiger charge is 2.14. The number of furan rings is 1. The fourth-order valence-electron chi connectivity index (χ4n) is 2.38. The minimum Gasteiger partial charge on any atom is -0.451 e. The molecule has 122 valence electrons. The van der Waals surface area contributed by atoms with Crippen LogP contribution in [0.1, 0.15) is 10.6 Å². The molecule has 1 N–H and O–H groups in total. The summed E-state index contributed by atoms with van der Waals surface area (Å²) in [4.78, 5) is 14.3. The number of carbonyl (C=O) groups excluding carboxylic acids is 1. The van der Waals surface area contributed by atoms with Gasteiger partial charge in [0.25, 0.3) is 5.91 Å². The average Bonchev–Trinajstić information content (AvgIpc) is 3.06. The lowest BCUT2D eigenvalue weighted by Crippen LogP contribution is -2.16. The lowest BCUT2D eigenvalue weighted by Gasteiger charge is -2.17. The van der Waals surface area contributed by atoms with Gasteiger partial charge in [-0.15, -0.1) is 0 Å². The first-order valence-corrected chi connectivity index (χ1v) is 7.48. The van der Waals surface area contributed by atoms with Crippen LogP contribution in [0.2, 0.25) is 0 Å². The van der Waals surface area contributed by atoms with Gasteiger partial charge in [-0.1, -0.05) is 12.1 Å². The fourth-order valence-corrected chi connectivity index (χ4v) is 2.38. The summed E-state index contributed by atoms with van der Waals surface area (Å²) >= 11 is 0. The highest BCUT2D eigenvalue weighted by molar-refractivity contribution is 6.04. The number of hydrogen-bond donors (Lipinski definition) is 1. The Labute approximate surface area is 139 Å². The third-order valence-electron chi connectivity index (χ3n) is 3.59. The first-order chi connectivity index (χ1) is 11.5. The number of halogens is 1. The second-order valence-electron chi connectivity index (χ2n) is 5.54. The van der Waals surface area contributed by atoms with E-state index in [1.54, 1.807) is 24.3 Å². The van der Waals surface area contributed by atoms with E-state index in [0.29, 0.717) is 17.0 Å². The van der Waals surface area contributed by atoms with Gasteiger partial charge in [0.2, 0.25) is 0 Å². The summed E-state index contributed by atoms with van der Waals surface area (Å²) < 4.78 is 18.6. The van der Waals surface area contributed by atoms with Crippen LogP contribution in [-0.2, 0) is 0 Å².